The van der Waals surface area contributed by atoms with Crippen LogP contribution >= 0.6 is 11.8 Å². The van der Waals surface area contributed by atoms with Crippen molar-refractivity contribution in [1.82, 2.24) is 10.6 Å². The number of thioether (sulfide) groups is 1. The van der Waals surface area contributed by atoms with E-state index in [-0.39, 0.29) is 43.9 Å². The van der Waals surface area contributed by atoms with Gasteiger partial charge in [-0.25, -0.2) is 0 Å². The van der Waals surface area contributed by atoms with E-state index in [1.54, 1.807) is 0 Å². The molecule has 65 heavy (non-hydrogen) atoms. The molecule has 0 saturated carbocycles. The molecule has 2 heterocycles. The molecular formula is C47H82N2O15S. The number of unbranched alkanes of at least 4 members (excludes halogenated alkanes) is 16. The van der Waals surface area contributed by atoms with Crippen LogP contribution in [0, 0.1) is 23.7 Å². The van der Waals surface area contributed by atoms with Gasteiger partial charge in [0.2, 0.25) is 11.8 Å². The van der Waals surface area contributed by atoms with Crippen molar-refractivity contribution in [3.63, 3.8) is 0 Å². The number of aliphatic hydroxyl groups is 7. The third kappa shape index (κ3) is 26.9. The summed E-state index contributed by atoms with van der Waals surface area (Å²) in [5, 5.41) is 76.5. The van der Waals surface area contributed by atoms with E-state index in [1.165, 1.54) is 64.2 Å². The molecule has 0 aromatic rings. The summed E-state index contributed by atoms with van der Waals surface area (Å²) in [5.74, 6) is 12.3. The summed E-state index contributed by atoms with van der Waals surface area (Å²) in [5.41, 5.74) is -1.00. The third-order valence-corrected chi connectivity index (χ3v) is 12.2. The molecular weight excluding hydrogens is 865 g/mol. The fourth-order valence-electron chi connectivity index (χ4n) is 7.19. The summed E-state index contributed by atoms with van der Waals surface area (Å²) >= 11 is 1.08. The van der Waals surface area contributed by atoms with Crippen LogP contribution in [0.3, 0.4) is 0 Å². The Balaban J connectivity index is 1.35. The highest BCUT2D eigenvalue weighted by Gasteiger charge is 2.50. The van der Waals surface area contributed by atoms with Crippen LogP contribution in [-0.2, 0) is 38.0 Å². The van der Waals surface area contributed by atoms with Crippen molar-refractivity contribution in [2.24, 2.45) is 0 Å². The quantitative estimate of drug-likeness (QED) is 0.0319. The number of nitrogens with one attached hydrogen (secondary N) is 2. The van der Waals surface area contributed by atoms with Gasteiger partial charge < -0.3 is 74.8 Å². The second kappa shape index (κ2) is 38.8. The van der Waals surface area contributed by atoms with Crippen LogP contribution in [0.4, 0.5) is 0 Å². The van der Waals surface area contributed by atoms with Crippen LogP contribution in [0.2, 0.25) is 0 Å². The van der Waals surface area contributed by atoms with Crippen LogP contribution in [0.25, 0.3) is 0 Å². The number of hydrogen-bond acceptors (Lipinski definition) is 16. The number of hydrogen-bond donors (Lipinski definition) is 9. The number of ether oxygens (including phenoxy) is 6. The Morgan fingerprint density at radius 2 is 1.11 bits per heavy atom. The van der Waals surface area contributed by atoms with Gasteiger partial charge in [-0.15, -0.1) is 11.8 Å². The topological polar surface area (TPSA) is 255 Å². The van der Waals surface area contributed by atoms with Gasteiger partial charge in [-0.2, -0.15) is 0 Å². The lowest BCUT2D eigenvalue weighted by Crippen LogP contribution is -2.64. The average molecular weight is 947 g/mol. The lowest BCUT2D eigenvalue weighted by atomic mass is 9.97. The molecule has 10 atom stereocenters. The molecule has 9 N–H and O–H groups in total. The monoisotopic (exact) mass is 947 g/mol. The number of aliphatic hydroxyl groups excluding tert-OH is 7. The van der Waals surface area contributed by atoms with E-state index in [1.807, 2.05) is 0 Å². The van der Waals surface area contributed by atoms with E-state index in [2.05, 4.69) is 41.2 Å². The van der Waals surface area contributed by atoms with Gasteiger partial charge in [0, 0.05) is 38.1 Å². The average Bonchev–Trinajstić information content (AvgIpc) is 3.30. The van der Waals surface area contributed by atoms with Crippen LogP contribution in [0.15, 0.2) is 0 Å². The number of rotatable bonds is 37. The Kier molecular flexibility index (Phi) is 35.2. The Hall–Kier alpha value is -2.11. The first-order chi connectivity index (χ1) is 31.6. The first-order valence-corrected chi connectivity index (χ1v) is 25.1. The maximum Gasteiger partial charge on any atom is 0.246 e. The fourth-order valence-corrected chi connectivity index (χ4v) is 8.22. The Bertz CT molecular complexity index is 1340. The molecule has 17 nitrogen and oxygen atoms in total. The molecule has 0 aromatic heterocycles. The largest absolute Gasteiger partial charge is 0.394 e. The summed E-state index contributed by atoms with van der Waals surface area (Å²) in [6.45, 7) is 2.89. The standard InChI is InChI=1S/C47H82N2O15S/c1-2-3-4-5-6-7-8-9-10-11-12-13-14-15-16-17-18-19-20-21-22-23-24-38(52)48-25-27-59-28-29-60-30-31-61-35-39(53)49-26-32-65-47-44(58)42(56)45(37(34-51)63-47)64-46-43(57)41(55)40(54)36(33-50)62-46/h36-37,40-47,50-51,54-58H,2-12,17-35H2,1H3,(H,48,52)(H,49,53)/t36-,37-,40+,41+,42-,43-,44-,45-,46+,47+/m1/s1. The maximum absolute atomic E-state index is 12.2. The minimum atomic E-state index is -1.75. The molecule has 2 rings (SSSR count). The molecule has 2 amide bonds. The Morgan fingerprint density at radius 3 is 1.71 bits per heavy atom. The van der Waals surface area contributed by atoms with Gasteiger partial charge in [-0.1, -0.05) is 102 Å². The summed E-state index contributed by atoms with van der Waals surface area (Å²) in [4.78, 5) is 24.3. The highest BCUT2D eigenvalue weighted by Crippen LogP contribution is 2.32. The highest BCUT2D eigenvalue weighted by molar-refractivity contribution is 7.99. The Labute approximate surface area is 391 Å². The molecule has 0 unspecified atom stereocenters. The van der Waals surface area contributed by atoms with E-state index in [9.17, 15) is 45.3 Å². The van der Waals surface area contributed by atoms with Crippen molar-refractivity contribution in [2.75, 3.05) is 71.7 Å². The van der Waals surface area contributed by atoms with Gasteiger partial charge in [0.1, 0.15) is 60.9 Å². The molecule has 0 spiro atoms. The SMILES string of the molecule is CCCCCCCCCCCCC#CC#CCCCCCCCCC(=O)NCCOCCOCCOCC(=O)NCCS[C@@H]1O[C@H](CO)[C@@H](O[C@@H]2O[C@H](CO)[C@H](O)[C@H](O)[C@H]2O)[C@H](O)[C@H]1O. The van der Waals surface area contributed by atoms with Crippen molar-refractivity contribution >= 4 is 23.6 Å². The summed E-state index contributed by atoms with van der Waals surface area (Å²) < 4.78 is 32.9. The van der Waals surface area contributed by atoms with Crippen LogP contribution in [-0.4, -0.2) is 180 Å². The van der Waals surface area contributed by atoms with Gasteiger partial charge in [0.15, 0.2) is 6.29 Å². The normalized spacial score (nSPS) is 25.3. The predicted molar refractivity (Wildman–Crippen MR) is 246 cm³/mol. The van der Waals surface area contributed by atoms with Gasteiger partial charge in [-0.05, 0) is 31.1 Å². The first kappa shape index (κ1) is 59.0. The second-order valence-electron chi connectivity index (χ2n) is 16.5. The molecule has 2 saturated heterocycles. The van der Waals surface area contributed by atoms with Crippen LogP contribution in [0.5, 0.6) is 0 Å². The van der Waals surface area contributed by atoms with Gasteiger partial charge >= 0.3 is 0 Å². The number of amides is 2. The highest BCUT2D eigenvalue weighted by atomic mass is 32.2. The smallest absolute Gasteiger partial charge is 0.246 e. The van der Waals surface area contributed by atoms with Gasteiger partial charge in [-0.3, -0.25) is 9.59 Å². The van der Waals surface area contributed by atoms with Crippen LogP contribution in [0.1, 0.15) is 129 Å². The fraction of sp³-hybridized carbons (Fsp3) is 0.872. The van der Waals surface area contributed by atoms with Crippen molar-refractivity contribution in [3.05, 3.63) is 0 Å². The van der Waals surface area contributed by atoms with E-state index in [4.69, 9.17) is 28.4 Å². The molecule has 2 aliphatic heterocycles. The molecule has 0 radical (unpaired) electrons. The molecule has 0 bridgehead atoms. The maximum atomic E-state index is 12.2. The van der Waals surface area contributed by atoms with Gasteiger partial charge in [0.05, 0.1) is 46.2 Å². The van der Waals surface area contributed by atoms with Crippen molar-refractivity contribution in [3.8, 4) is 23.7 Å². The molecule has 18 heteroatoms. The minimum absolute atomic E-state index is 0.0290. The van der Waals surface area contributed by atoms with E-state index in [0.29, 0.717) is 32.8 Å². The molecule has 0 aromatic carbocycles. The predicted octanol–water partition coefficient (Wildman–Crippen LogP) is 2.06. The third-order valence-electron chi connectivity index (χ3n) is 11.1. The zero-order chi connectivity index (χ0) is 47.3. The number of carbonyl (C=O) groups is 2. The minimum Gasteiger partial charge on any atom is -0.394 e. The van der Waals surface area contributed by atoms with E-state index in [0.717, 1.165) is 63.1 Å². The molecule has 2 fully saturated rings. The lowest BCUT2D eigenvalue weighted by Gasteiger charge is -2.46. The Morgan fingerprint density at radius 1 is 0.569 bits per heavy atom. The van der Waals surface area contributed by atoms with E-state index >= 15 is 0 Å². The zero-order valence-electron chi connectivity index (χ0n) is 38.8. The van der Waals surface area contributed by atoms with E-state index < -0.39 is 73.8 Å². The van der Waals surface area contributed by atoms with Crippen molar-refractivity contribution in [2.45, 2.75) is 189 Å². The zero-order valence-corrected chi connectivity index (χ0v) is 39.6. The molecule has 376 valence electrons. The first-order valence-electron chi connectivity index (χ1n) is 24.1. The van der Waals surface area contributed by atoms with Gasteiger partial charge in [0.25, 0.3) is 0 Å². The van der Waals surface area contributed by atoms with Crippen molar-refractivity contribution in [1.29, 1.82) is 0 Å². The summed E-state index contributed by atoms with van der Waals surface area (Å²) in [6.07, 6.45) is 8.57. The lowest BCUT2D eigenvalue weighted by molar-refractivity contribution is -0.338. The number of carbonyl (C=O) groups excluding carboxylic acids is 2. The molecule has 2 aliphatic rings. The van der Waals surface area contributed by atoms with Crippen LogP contribution < -0.4 is 10.6 Å². The van der Waals surface area contributed by atoms with Crippen molar-refractivity contribution < 1.29 is 73.8 Å². The summed E-state index contributed by atoms with van der Waals surface area (Å²) in [7, 11) is 0. The molecule has 0 aliphatic carbocycles. The second-order valence-corrected chi connectivity index (χ2v) is 17.7. The summed E-state index contributed by atoms with van der Waals surface area (Å²) in [6, 6.07) is 0.